The number of rotatable bonds is 6. The lowest BCUT2D eigenvalue weighted by molar-refractivity contribution is 0.0965. The Balaban J connectivity index is 2.12. The van der Waals surface area contributed by atoms with Crippen molar-refractivity contribution in [2.75, 3.05) is 18.5 Å². The molecule has 0 unspecified atom stereocenters. The summed E-state index contributed by atoms with van der Waals surface area (Å²) >= 11 is 7.16. The number of hydrogen-bond acceptors (Lipinski definition) is 5. The number of benzene rings is 1. The number of terminal acetylenes is 1. The van der Waals surface area contributed by atoms with Crippen LogP contribution in [0.3, 0.4) is 0 Å². The minimum absolute atomic E-state index is 0.0621. The van der Waals surface area contributed by atoms with Crippen molar-refractivity contribution in [3.8, 4) is 12.3 Å². The van der Waals surface area contributed by atoms with Crippen molar-refractivity contribution in [3.63, 3.8) is 0 Å². The van der Waals surface area contributed by atoms with Crippen molar-refractivity contribution in [1.29, 1.82) is 0 Å². The van der Waals surface area contributed by atoms with E-state index in [2.05, 4.69) is 21.5 Å². The monoisotopic (exact) mass is 379 g/mol. The van der Waals surface area contributed by atoms with E-state index in [4.69, 9.17) is 23.1 Å². The van der Waals surface area contributed by atoms with Crippen LogP contribution in [-0.4, -0.2) is 40.5 Å². The molecule has 0 radical (unpaired) electrons. The molecule has 6 nitrogen and oxygen atoms in total. The van der Waals surface area contributed by atoms with E-state index in [1.165, 1.54) is 11.3 Å². The second kappa shape index (κ2) is 8.32. The highest BCUT2D eigenvalue weighted by Crippen LogP contribution is 2.33. The number of halogens is 1. The van der Waals surface area contributed by atoms with Gasteiger partial charge in [-0.15, -0.1) is 17.8 Å². The molecule has 0 fully saturated rings. The first kappa shape index (κ1) is 19.2. The lowest BCUT2D eigenvalue weighted by Gasteiger charge is -2.22. The second-order valence-corrected chi connectivity index (χ2v) is 6.78. The Kier molecular flexibility index (Phi) is 6.39. The average molecular weight is 380 g/mol. The first-order valence-corrected chi connectivity index (χ1v) is 8.68. The van der Waals surface area contributed by atoms with Gasteiger partial charge < -0.3 is 15.5 Å². The van der Waals surface area contributed by atoms with Gasteiger partial charge in [-0.2, -0.15) is 0 Å². The molecule has 2 amide bonds. The quantitative estimate of drug-likeness (QED) is 0.579. The zero-order valence-corrected chi connectivity index (χ0v) is 15.1. The Hall–Kier alpha value is -2.11. The summed E-state index contributed by atoms with van der Waals surface area (Å²) in [7, 11) is 0. The van der Waals surface area contributed by atoms with Crippen molar-refractivity contribution >= 4 is 34.1 Å². The lowest BCUT2D eigenvalue weighted by Crippen LogP contribution is -2.36. The van der Waals surface area contributed by atoms with Crippen molar-refractivity contribution in [3.05, 3.63) is 45.9 Å². The van der Waals surface area contributed by atoms with E-state index in [1.807, 2.05) is 19.1 Å². The van der Waals surface area contributed by atoms with E-state index in [9.17, 15) is 9.90 Å². The molecule has 1 aromatic carbocycles. The smallest absolute Gasteiger partial charge is 0.321 e. The summed E-state index contributed by atoms with van der Waals surface area (Å²) in [5.74, 6) is 2.76. The molecule has 0 spiro atoms. The van der Waals surface area contributed by atoms with Crippen LogP contribution in [0.25, 0.3) is 0 Å². The van der Waals surface area contributed by atoms with E-state index in [-0.39, 0.29) is 6.54 Å². The van der Waals surface area contributed by atoms with Gasteiger partial charge in [0, 0.05) is 16.9 Å². The Labute approximate surface area is 154 Å². The van der Waals surface area contributed by atoms with Gasteiger partial charge in [-0.1, -0.05) is 29.7 Å². The Morgan fingerprint density at radius 3 is 2.76 bits per heavy atom. The molecule has 1 aromatic heterocycles. The van der Waals surface area contributed by atoms with Crippen molar-refractivity contribution in [2.24, 2.45) is 0 Å². The fourth-order valence-electron chi connectivity index (χ4n) is 2.07. The molecule has 132 valence electrons. The van der Waals surface area contributed by atoms with E-state index < -0.39 is 24.2 Å². The molecule has 25 heavy (non-hydrogen) atoms. The maximum absolute atomic E-state index is 11.8. The van der Waals surface area contributed by atoms with E-state index in [0.717, 1.165) is 5.56 Å². The zero-order valence-electron chi connectivity index (χ0n) is 13.5. The predicted octanol–water partition coefficient (Wildman–Crippen LogP) is 2.21. The Morgan fingerprint density at radius 2 is 2.16 bits per heavy atom. The molecular weight excluding hydrogens is 362 g/mol. The number of carbonyl (C=O) groups is 1. The Bertz CT molecular complexity index is 772. The van der Waals surface area contributed by atoms with Crippen LogP contribution in [0.5, 0.6) is 0 Å². The topological polar surface area (TPSA) is 94.5 Å². The molecule has 0 saturated heterocycles. The summed E-state index contributed by atoms with van der Waals surface area (Å²) in [5, 5.41) is 25.7. The molecule has 0 aliphatic carbocycles. The number of aliphatic hydroxyl groups excluding tert-OH is 2. The standard InChI is InChI=1S/C17H18ClN3O3S/c1-3-17(2,11-4-6-12(18)7-5-11)14-10-25-16(20-14)21-15(24)19-8-13(23)9-22/h1,4-7,10,13,22-23H,8-9H2,2H3,(H2,19,20,21,24)/t13-,17+/m1/s1. The third-order valence-corrected chi connectivity index (χ3v) is 4.67. The lowest BCUT2D eigenvalue weighted by atomic mass is 9.81. The van der Waals surface area contributed by atoms with Gasteiger partial charge in [0.05, 0.1) is 23.8 Å². The van der Waals surface area contributed by atoms with Crippen LogP contribution in [0.15, 0.2) is 29.6 Å². The van der Waals surface area contributed by atoms with Gasteiger partial charge in [0.15, 0.2) is 5.13 Å². The molecule has 8 heteroatoms. The molecule has 0 aliphatic heterocycles. The number of nitrogens with zero attached hydrogens (tertiary/aromatic N) is 1. The molecule has 4 N–H and O–H groups in total. The minimum Gasteiger partial charge on any atom is -0.394 e. The third kappa shape index (κ3) is 4.71. The number of urea groups is 1. The van der Waals surface area contributed by atoms with Crippen LogP contribution >= 0.6 is 22.9 Å². The van der Waals surface area contributed by atoms with Crippen LogP contribution < -0.4 is 10.6 Å². The highest BCUT2D eigenvalue weighted by Gasteiger charge is 2.29. The summed E-state index contributed by atoms with van der Waals surface area (Å²) in [4.78, 5) is 16.2. The van der Waals surface area contributed by atoms with Gasteiger partial charge >= 0.3 is 6.03 Å². The van der Waals surface area contributed by atoms with E-state index >= 15 is 0 Å². The first-order valence-electron chi connectivity index (χ1n) is 7.42. The fourth-order valence-corrected chi connectivity index (χ4v) is 3.01. The normalized spacial score (nSPS) is 14.2. The number of nitrogens with one attached hydrogen (secondary N) is 2. The largest absolute Gasteiger partial charge is 0.394 e. The summed E-state index contributed by atoms with van der Waals surface area (Å²) in [6.45, 7) is 1.38. The van der Waals surface area contributed by atoms with E-state index in [0.29, 0.717) is 15.8 Å². The molecule has 1 heterocycles. The Morgan fingerprint density at radius 1 is 1.48 bits per heavy atom. The number of carbonyl (C=O) groups excluding carboxylic acids is 1. The van der Waals surface area contributed by atoms with Crippen LogP contribution in [0.2, 0.25) is 5.02 Å². The van der Waals surface area contributed by atoms with Crippen molar-refractivity contribution < 1.29 is 15.0 Å². The maximum Gasteiger partial charge on any atom is 0.321 e. The van der Waals surface area contributed by atoms with Gasteiger partial charge in [0.2, 0.25) is 0 Å². The second-order valence-electron chi connectivity index (χ2n) is 5.49. The molecule has 0 saturated carbocycles. The number of thiazole rings is 1. The van der Waals surface area contributed by atoms with Crippen LogP contribution in [0.1, 0.15) is 18.2 Å². The highest BCUT2D eigenvalue weighted by atomic mass is 35.5. The minimum atomic E-state index is -1.01. The molecule has 0 bridgehead atoms. The first-order chi connectivity index (χ1) is 11.9. The molecule has 2 rings (SSSR count). The molecule has 2 atom stereocenters. The predicted molar refractivity (Wildman–Crippen MR) is 99.0 cm³/mol. The molecule has 0 aliphatic rings. The van der Waals surface area contributed by atoms with Gasteiger partial charge in [-0.05, 0) is 24.6 Å². The van der Waals surface area contributed by atoms with Crippen LogP contribution in [0.4, 0.5) is 9.93 Å². The van der Waals surface area contributed by atoms with Gasteiger partial charge in [-0.3, -0.25) is 5.32 Å². The van der Waals surface area contributed by atoms with E-state index in [1.54, 1.807) is 17.5 Å². The van der Waals surface area contributed by atoms with Gasteiger partial charge in [-0.25, -0.2) is 9.78 Å². The van der Waals surface area contributed by atoms with Crippen LogP contribution in [0, 0.1) is 12.3 Å². The zero-order chi connectivity index (χ0) is 18.4. The number of hydrogen-bond donors (Lipinski definition) is 4. The maximum atomic E-state index is 11.8. The third-order valence-electron chi connectivity index (χ3n) is 3.66. The summed E-state index contributed by atoms with van der Waals surface area (Å²) in [5.41, 5.74) is 0.740. The summed E-state index contributed by atoms with van der Waals surface area (Å²) in [6.07, 6.45) is 4.74. The molecule has 2 aromatic rings. The van der Waals surface area contributed by atoms with Gasteiger partial charge in [0.1, 0.15) is 0 Å². The number of aliphatic hydroxyl groups is 2. The summed E-state index contributed by atoms with van der Waals surface area (Å²) < 4.78 is 0. The van der Waals surface area contributed by atoms with Gasteiger partial charge in [0.25, 0.3) is 0 Å². The van der Waals surface area contributed by atoms with Crippen molar-refractivity contribution in [2.45, 2.75) is 18.4 Å². The number of aromatic nitrogens is 1. The fraction of sp³-hybridized carbons (Fsp3) is 0.294. The number of anilines is 1. The highest BCUT2D eigenvalue weighted by molar-refractivity contribution is 7.14. The molecular formula is C17H18ClN3O3S. The summed E-state index contributed by atoms with van der Waals surface area (Å²) in [6, 6.07) is 6.69. The number of amides is 2. The SMILES string of the molecule is C#C[C@@](C)(c1ccc(Cl)cc1)c1csc(NC(=O)NC[C@@H](O)CO)n1. The van der Waals surface area contributed by atoms with Crippen molar-refractivity contribution in [1.82, 2.24) is 10.3 Å². The van der Waals surface area contributed by atoms with Crippen LogP contribution in [-0.2, 0) is 5.41 Å². The average Bonchev–Trinajstić information content (AvgIpc) is 3.08.